The Hall–Kier alpha value is -1.07. The van der Waals surface area contributed by atoms with Gasteiger partial charge in [0.1, 0.15) is 12.1 Å². The second-order valence-electron chi connectivity index (χ2n) is 2.37. The molecule has 58 valence electrons. The van der Waals surface area contributed by atoms with E-state index in [0.717, 1.165) is 9.13 Å². The van der Waals surface area contributed by atoms with Gasteiger partial charge in [-0.3, -0.25) is 0 Å². The van der Waals surface area contributed by atoms with Crippen molar-refractivity contribution in [2.75, 3.05) is 0 Å². The van der Waals surface area contributed by atoms with E-state index in [1.165, 1.54) is 0 Å². The van der Waals surface area contributed by atoms with Crippen LogP contribution >= 0.6 is 22.6 Å². The summed E-state index contributed by atoms with van der Waals surface area (Å²) in [5, 5.41) is 17.3. The van der Waals surface area contributed by atoms with Crippen molar-refractivity contribution in [3.8, 4) is 12.1 Å². The first kappa shape index (κ1) is 9.02. The summed E-state index contributed by atoms with van der Waals surface area (Å²) in [6, 6.07) is 7.44. The maximum Gasteiger partial charge on any atom is 0.101 e. The Morgan fingerprint density at radius 3 is 2.17 bits per heavy atom. The number of aryl methyl sites for hydroxylation is 1. The van der Waals surface area contributed by atoms with Crippen molar-refractivity contribution in [3.05, 3.63) is 32.4 Å². The predicted octanol–water partition coefficient (Wildman–Crippen LogP) is 2.34. The van der Waals surface area contributed by atoms with Gasteiger partial charge in [0.2, 0.25) is 0 Å². The summed E-state index contributed by atoms with van der Waals surface area (Å²) in [5.41, 5.74) is 1.94. The first-order chi connectivity index (χ1) is 5.69. The molecule has 0 aliphatic heterocycles. The standard InChI is InChI=1S/C9H5IN2/c1-6-2-7(4-11)8(5-12)3-9(6)10/h2-3H,1H3. The average molecular weight is 268 g/mol. The van der Waals surface area contributed by atoms with Gasteiger partial charge in [-0.2, -0.15) is 10.5 Å². The zero-order valence-corrected chi connectivity index (χ0v) is 8.58. The number of halogens is 1. The van der Waals surface area contributed by atoms with Crippen LogP contribution in [-0.4, -0.2) is 0 Å². The van der Waals surface area contributed by atoms with Crippen molar-refractivity contribution in [1.82, 2.24) is 0 Å². The molecule has 1 aromatic carbocycles. The Morgan fingerprint density at radius 1 is 1.17 bits per heavy atom. The van der Waals surface area contributed by atoms with Crippen LogP contribution in [0.15, 0.2) is 12.1 Å². The van der Waals surface area contributed by atoms with Gasteiger partial charge in [0, 0.05) is 3.57 Å². The van der Waals surface area contributed by atoms with Crippen LogP contribution in [0, 0.1) is 33.2 Å². The molecule has 0 saturated heterocycles. The highest BCUT2D eigenvalue weighted by atomic mass is 127. The van der Waals surface area contributed by atoms with Gasteiger partial charge in [0.05, 0.1) is 11.1 Å². The van der Waals surface area contributed by atoms with Gasteiger partial charge >= 0.3 is 0 Å². The first-order valence-corrected chi connectivity index (χ1v) is 4.37. The fraction of sp³-hybridized carbons (Fsp3) is 0.111. The summed E-state index contributed by atoms with van der Waals surface area (Å²) in [4.78, 5) is 0. The smallest absolute Gasteiger partial charge is 0.101 e. The molecule has 2 nitrogen and oxygen atoms in total. The van der Waals surface area contributed by atoms with Crippen molar-refractivity contribution in [2.45, 2.75) is 6.92 Å². The SMILES string of the molecule is Cc1cc(C#N)c(C#N)cc1I. The maximum absolute atomic E-state index is 8.66. The molecule has 1 rings (SSSR count). The minimum Gasteiger partial charge on any atom is -0.192 e. The van der Waals surface area contributed by atoms with E-state index in [1.54, 1.807) is 12.1 Å². The largest absolute Gasteiger partial charge is 0.192 e. The second-order valence-corrected chi connectivity index (χ2v) is 3.53. The molecule has 0 amide bonds. The van der Waals surface area contributed by atoms with Crippen molar-refractivity contribution >= 4 is 22.6 Å². The Bertz CT molecular complexity index is 357. The molecule has 0 aliphatic carbocycles. The number of rotatable bonds is 0. The predicted molar refractivity (Wildman–Crippen MR) is 53.3 cm³/mol. The van der Waals surface area contributed by atoms with Crippen molar-refractivity contribution in [2.24, 2.45) is 0 Å². The van der Waals surface area contributed by atoms with Crippen LogP contribution in [0.1, 0.15) is 16.7 Å². The molecule has 0 unspecified atom stereocenters. The maximum atomic E-state index is 8.66. The molecule has 0 aliphatic rings. The van der Waals surface area contributed by atoms with Crippen LogP contribution in [0.4, 0.5) is 0 Å². The van der Waals surface area contributed by atoms with Gasteiger partial charge < -0.3 is 0 Å². The second kappa shape index (κ2) is 3.55. The Labute approximate surface area is 84.6 Å². The normalized spacial score (nSPS) is 8.67. The zero-order chi connectivity index (χ0) is 9.14. The van der Waals surface area contributed by atoms with E-state index in [4.69, 9.17) is 10.5 Å². The molecule has 0 radical (unpaired) electrons. The van der Waals surface area contributed by atoms with Crippen molar-refractivity contribution < 1.29 is 0 Å². The molecule has 0 saturated carbocycles. The van der Waals surface area contributed by atoms with E-state index in [0.29, 0.717) is 11.1 Å². The molecule has 0 N–H and O–H groups in total. The number of nitriles is 2. The van der Waals surface area contributed by atoms with E-state index in [9.17, 15) is 0 Å². The van der Waals surface area contributed by atoms with E-state index >= 15 is 0 Å². The summed E-state index contributed by atoms with van der Waals surface area (Å²) in [7, 11) is 0. The molecule has 12 heavy (non-hydrogen) atoms. The van der Waals surface area contributed by atoms with Crippen molar-refractivity contribution in [3.63, 3.8) is 0 Å². The van der Waals surface area contributed by atoms with Gasteiger partial charge in [-0.25, -0.2) is 0 Å². The minimum atomic E-state index is 0.451. The molecule has 0 bridgehead atoms. The Kier molecular flexibility index (Phi) is 2.67. The lowest BCUT2D eigenvalue weighted by Crippen LogP contribution is -1.88. The van der Waals surface area contributed by atoms with E-state index < -0.39 is 0 Å². The van der Waals surface area contributed by atoms with Crippen LogP contribution in [-0.2, 0) is 0 Å². The van der Waals surface area contributed by atoms with Gasteiger partial charge in [0.15, 0.2) is 0 Å². The van der Waals surface area contributed by atoms with Crippen LogP contribution in [0.3, 0.4) is 0 Å². The molecule has 1 aromatic rings. The Balaban J connectivity index is 3.44. The van der Waals surface area contributed by atoms with Gasteiger partial charge in [0.25, 0.3) is 0 Å². The lowest BCUT2D eigenvalue weighted by molar-refractivity contribution is 1.36. The van der Waals surface area contributed by atoms with Crippen LogP contribution < -0.4 is 0 Å². The molecule has 0 heterocycles. The highest BCUT2D eigenvalue weighted by Gasteiger charge is 2.03. The van der Waals surface area contributed by atoms with E-state index in [1.807, 2.05) is 19.1 Å². The van der Waals surface area contributed by atoms with E-state index in [-0.39, 0.29) is 0 Å². The van der Waals surface area contributed by atoms with Crippen LogP contribution in [0.5, 0.6) is 0 Å². The summed E-state index contributed by atoms with van der Waals surface area (Å²) < 4.78 is 1.02. The molecular formula is C9H5IN2. The third kappa shape index (κ3) is 1.57. The molecule has 0 atom stereocenters. The first-order valence-electron chi connectivity index (χ1n) is 3.29. The van der Waals surface area contributed by atoms with Crippen LogP contribution in [0.2, 0.25) is 0 Å². The quantitative estimate of drug-likeness (QED) is 0.678. The molecule has 0 aromatic heterocycles. The third-order valence-corrected chi connectivity index (χ3v) is 2.70. The average Bonchev–Trinajstić information content (AvgIpc) is 2.09. The Morgan fingerprint density at radius 2 is 1.67 bits per heavy atom. The number of nitrogens with zero attached hydrogens (tertiary/aromatic N) is 2. The number of hydrogen-bond donors (Lipinski definition) is 0. The summed E-state index contributed by atoms with van der Waals surface area (Å²) in [6.07, 6.45) is 0. The number of benzene rings is 1. The van der Waals surface area contributed by atoms with Crippen LogP contribution in [0.25, 0.3) is 0 Å². The molecular weight excluding hydrogens is 263 g/mol. The minimum absolute atomic E-state index is 0.451. The lowest BCUT2D eigenvalue weighted by atomic mass is 10.1. The molecule has 0 spiro atoms. The lowest BCUT2D eigenvalue weighted by Gasteiger charge is -1.99. The van der Waals surface area contributed by atoms with E-state index in [2.05, 4.69) is 22.6 Å². The molecule has 3 heteroatoms. The van der Waals surface area contributed by atoms with Gasteiger partial charge in [-0.1, -0.05) is 0 Å². The third-order valence-electron chi connectivity index (χ3n) is 1.54. The monoisotopic (exact) mass is 268 g/mol. The zero-order valence-electron chi connectivity index (χ0n) is 6.43. The topological polar surface area (TPSA) is 47.6 Å². The summed E-state index contributed by atoms with van der Waals surface area (Å²) >= 11 is 2.15. The van der Waals surface area contributed by atoms with Crippen molar-refractivity contribution in [1.29, 1.82) is 10.5 Å². The summed E-state index contributed by atoms with van der Waals surface area (Å²) in [5.74, 6) is 0. The highest BCUT2D eigenvalue weighted by Crippen LogP contribution is 2.16. The summed E-state index contributed by atoms with van der Waals surface area (Å²) in [6.45, 7) is 1.92. The number of hydrogen-bond acceptors (Lipinski definition) is 2. The fourth-order valence-electron chi connectivity index (χ4n) is 0.867. The highest BCUT2D eigenvalue weighted by molar-refractivity contribution is 14.1. The fourth-order valence-corrected chi connectivity index (χ4v) is 1.33. The molecule has 0 fully saturated rings. The van der Waals surface area contributed by atoms with Gasteiger partial charge in [-0.05, 0) is 47.2 Å². The van der Waals surface area contributed by atoms with Gasteiger partial charge in [-0.15, -0.1) is 0 Å².